The highest BCUT2D eigenvalue weighted by molar-refractivity contribution is 6.36. The molecular weight excluding hydrogens is 492 g/mol. The van der Waals surface area contributed by atoms with Gasteiger partial charge < -0.3 is 15.1 Å². The minimum absolute atomic E-state index is 0.0194. The largest absolute Gasteiger partial charge is 0.339 e. The van der Waals surface area contributed by atoms with Gasteiger partial charge in [-0.05, 0) is 35.4 Å². The van der Waals surface area contributed by atoms with Gasteiger partial charge in [-0.2, -0.15) is 0 Å². The van der Waals surface area contributed by atoms with Gasteiger partial charge in [0.1, 0.15) is 12.2 Å². The first-order valence-electron chi connectivity index (χ1n) is 11.0. The average molecular weight is 514 g/mol. The Bertz CT molecular complexity index is 1240. The van der Waals surface area contributed by atoms with E-state index in [0.717, 1.165) is 17.2 Å². The Kier molecular flexibility index (Phi) is 7.68. The number of amides is 3. The topological polar surface area (TPSA) is 69.7 Å². The van der Waals surface area contributed by atoms with Crippen molar-refractivity contribution < 1.29 is 18.8 Å². The smallest absolute Gasteiger partial charge is 0.255 e. The average Bonchev–Trinajstić information content (AvgIpc) is 2.87. The molecule has 9 heteroatoms. The van der Waals surface area contributed by atoms with Gasteiger partial charge in [-0.1, -0.05) is 65.7 Å². The lowest BCUT2D eigenvalue weighted by molar-refractivity contribution is -0.135. The minimum Gasteiger partial charge on any atom is -0.339 e. The van der Waals surface area contributed by atoms with Gasteiger partial charge in [0.25, 0.3) is 5.91 Å². The van der Waals surface area contributed by atoms with E-state index in [1.807, 2.05) is 42.5 Å². The lowest BCUT2D eigenvalue weighted by Gasteiger charge is -2.35. The molecule has 0 aromatic heterocycles. The molecule has 3 aromatic rings. The predicted molar refractivity (Wildman–Crippen MR) is 134 cm³/mol. The quantitative estimate of drug-likeness (QED) is 0.380. The molecule has 35 heavy (non-hydrogen) atoms. The van der Waals surface area contributed by atoms with Crippen LogP contribution in [0.3, 0.4) is 0 Å². The van der Waals surface area contributed by atoms with Crippen LogP contribution in [0, 0.1) is 5.82 Å². The molecule has 0 radical (unpaired) electrons. The number of anilines is 1. The van der Waals surface area contributed by atoms with Crippen LogP contribution >= 0.6 is 23.2 Å². The van der Waals surface area contributed by atoms with Gasteiger partial charge >= 0.3 is 0 Å². The van der Waals surface area contributed by atoms with Crippen molar-refractivity contribution >= 4 is 46.6 Å². The molecule has 1 aliphatic rings. The summed E-state index contributed by atoms with van der Waals surface area (Å²) in [6.07, 6.45) is -0.303. The van der Waals surface area contributed by atoms with E-state index in [4.69, 9.17) is 23.2 Å². The maximum Gasteiger partial charge on any atom is 0.255 e. The summed E-state index contributed by atoms with van der Waals surface area (Å²) in [5.41, 5.74) is 2.72. The van der Waals surface area contributed by atoms with Gasteiger partial charge in [0.2, 0.25) is 11.8 Å². The number of nitrogens with one attached hydrogen (secondary N) is 1. The van der Waals surface area contributed by atoms with Gasteiger partial charge in [-0.3, -0.25) is 14.4 Å². The van der Waals surface area contributed by atoms with Crippen molar-refractivity contribution in [1.29, 1.82) is 0 Å². The first-order chi connectivity index (χ1) is 16.8. The third kappa shape index (κ3) is 5.99. The molecule has 1 heterocycles. The van der Waals surface area contributed by atoms with E-state index in [1.54, 1.807) is 12.1 Å². The number of halogens is 3. The summed E-state index contributed by atoms with van der Waals surface area (Å²) >= 11 is 11.7. The molecule has 1 aliphatic heterocycles. The molecule has 0 atom stereocenters. The summed E-state index contributed by atoms with van der Waals surface area (Å²) in [5, 5.41) is 2.65. The Hall–Kier alpha value is -3.42. The zero-order valence-electron chi connectivity index (χ0n) is 18.6. The van der Waals surface area contributed by atoms with Crippen LogP contribution in [0.1, 0.15) is 16.8 Å². The molecule has 1 fully saturated rings. The summed E-state index contributed by atoms with van der Waals surface area (Å²) < 4.78 is 13.8. The molecule has 6 nitrogen and oxygen atoms in total. The summed E-state index contributed by atoms with van der Waals surface area (Å²) in [6, 6.07) is 19.5. The van der Waals surface area contributed by atoms with Crippen LogP contribution < -0.4 is 5.32 Å². The molecule has 4 rings (SSSR count). The Balaban J connectivity index is 1.27. The van der Waals surface area contributed by atoms with Crippen molar-refractivity contribution in [3.05, 3.63) is 88.2 Å². The first-order valence-corrected chi connectivity index (χ1v) is 11.7. The van der Waals surface area contributed by atoms with Crippen molar-refractivity contribution in [2.24, 2.45) is 0 Å². The number of carbonyl (C=O) groups excluding carboxylic acids is 3. The van der Waals surface area contributed by atoms with Crippen molar-refractivity contribution in [1.82, 2.24) is 9.80 Å². The Morgan fingerprint density at radius 1 is 0.800 bits per heavy atom. The Labute approximate surface area is 212 Å². The molecule has 0 saturated carbocycles. The second-order valence-electron chi connectivity index (χ2n) is 8.09. The summed E-state index contributed by atoms with van der Waals surface area (Å²) in [4.78, 5) is 40.7. The number of hydrogen-bond donors (Lipinski definition) is 1. The molecule has 0 spiro atoms. The van der Waals surface area contributed by atoms with Gasteiger partial charge in [-0.15, -0.1) is 0 Å². The van der Waals surface area contributed by atoms with E-state index < -0.39 is 17.6 Å². The molecule has 1 N–H and O–H groups in total. The summed E-state index contributed by atoms with van der Waals surface area (Å²) in [5.74, 6) is -1.90. The highest BCUT2D eigenvalue weighted by Gasteiger charge is 2.27. The van der Waals surface area contributed by atoms with Crippen molar-refractivity contribution in [3.8, 4) is 11.1 Å². The normalized spacial score (nSPS) is 13.5. The van der Waals surface area contributed by atoms with Gasteiger partial charge in [0.05, 0.1) is 15.6 Å². The molecule has 0 bridgehead atoms. The number of hydrogen-bond acceptors (Lipinski definition) is 3. The van der Waals surface area contributed by atoms with Crippen LogP contribution in [0.25, 0.3) is 11.1 Å². The SMILES string of the molecule is O=C(CC(=O)N1CCN(C(=O)c2cc(F)c(Cl)cc2Cl)CC1)Nc1ccc(-c2ccccc2)cc1. The second kappa shape index (κ2) is 10.9. The van der Waals surface area contributed by atoms with Crippen LogP contribution in [0.2, 0.25) is 10.0 Å². The van der Waals surface area contributed by atoms with E-state index in [1.165, 1.54) is 15.9 Å². The number of benzene rings is 3. The summed E-state index contributed by atoms with van der Waals surface area (Å²) in [6.45, 7) is 1.01. The van der Waals surface area contributed by atoms with E-state index >= 15 is 0 Å². The Morgan fingerprint density at radius 2 is 1.40 bits per heavy atom. The number of rotatable bonds is 5. The van der Waals surface area contributed by atoms with Crippen molar-refractivity contribution in [2.75, 3.05) is 31.5 Å². The number of nitrogens with zero attached hydrogens (tertiary/aromatic N) is 2. The fraction of sp³-hybridized carbons (Fsp3) is 0.192. The minimum atomic E-state index is -0.728. The Morgan fingerprint density at radius 3 is 2.06 bits per heavy atom. The predicted octanol–water partition coefficient (Wildman–Crippen LogP) is 5.11. The fourth-order valence-corrected chi connectivity index (χ4v) is 4.31. The maximum atomic E-state index is 13.8. The summed E-state index contributed by atoms with van der Waals surface area (Å²) in [7, 11) is 0. The van der Waals surface area contributed by atoms with E-state index in [-0.39, 0.29) is 54.1 Å². The van der Waals surface area contributed by atoms with Gasteiger partial charge in [0.15, 0.2) is 0 Å². The third-order valence-corrected chi connectivity index (χ3v) is 6.35. The van der Waals surface area contributed by atoms with Crippen molar-refractivity contribution in [2.45, 2.75) is 6.42 Å². The molecule has 0 unspecified atom stereocenters. The monoisotopic (exact) mass is 513 g/mol. The van der Waals surface area contributed by atoms with Crippen LogP contribution in [-0.4, -0.2) is 53.7 Å². The van der Waals surface area contributed by atoms with E-state index in [0.29, 0.717) is 5.69 Å². The molecular formula is C26H22Cl2FN3O3. The number of piperazine rings is 1. The lowest BCUT2D eigenvalue weighted by atomic mass is 10.1. The fourth-order valence-electron chi connectivity index (χ4n) is 3.85. The second-order valence-corrected chi connectivity index (χ2v) is 8.90. The number of carbonyl (C=O) groups is 3. The van der Waals surface area contributed by atoms with Crippen LogP contribution in [0.4, 0.5) is 10.1 Å². The molecule has 1 saturated heterocycles. The van der Waals surface area contributed by atoms with Crippen LogP contribution in [0.5, 0.6) is 0 Å². The molecule has 3 amide bonds. The highest BCUT2D eigenvalue weighted by atomic mass is 35.5. The van der Waals surface area contributed by atoms with Crippen LogP contribution in [0.15, 0.2) is 66.7 Å². The highest BCUT2D eigenvalue weighted by Crippen LogP contribution is 2.26. The zero-order valence-corrected chi connectivity index (χ0v) is 20.2. The van der Waals surface area contributed by atoms with Gasteiger partial charge in [-0.25, -0.2) is 4.39 Å². The van der Waals surface area contributed by atoms with E-state index in [2.05, 4.69) is 5.32 Å². The standard InChI is InChI=1S/C26H22Cl2FN3O3/c27-21-15-22(28)23(29)14-20(21)26(35)32-12-10-31(11-13-32)25(34)16-24(33)30-19-8-6-18(7-9-19)17-4-2-1-3-5-17/h1-9,14-15H,10-13,16H2,(H,30,33). The van der Waals surface area contributed by atoms with E-state index in [9.17, 15) is 18.8 Å². The zero-order chi connectivity index (χ0) is 24.9. The van der Waals surface area contributed by atoms with Crippen LogP contribution in [-0.2, 0) is 9.59 Å². The lowest BCUT2D eigenvalue weighted by Crippen LogP contribution is -2.51. The molecule has 3 aromatic carbocycles. The first kappa shape index (κ1) is 24.7. The third-order valence-electron chi connectivity index (χ3n) is 5.75. The maximum absolute atomic E-state index is 13.8. The molecule has 0 aliphatic carbocycles. The molecule has 180 valence electrons. The van der Waals surface area contributed by atoms with Gasteiger partial charge in [0, 0.05) is 31.9 Å². The van der Waals surface area contributed by atoms with Crippen molar-refractivity contribution in [3.63, 3.8) is 0 Å².